The molecule has 1 aliphatic rings. The first-order valence-corrected chi connectivity index (χ1v) is 3.93. The first kappa shape index (κ1) is 7.91. The maximum absolute atomic E-state index is 11.6. The molecule has 0 unspecified atom stereocenters. The van der Waals surface area contributed by atoms with Gasteiger partial charge in [-0.15, -0.1) is 0 Å². The van der Waals surface area contributed by atoms with Crippen LogP contribution in [-0.2, 0) is 0 Å². The average molecular weight is 176 g/mol. The summed E-state index contributed by atoms with van der Waals surface area (Å²) < 4.78 is 0. The molecular weight excluding hydrogens is 168 g/mol. The molecule has 1 aromatic heterocycles. The molecule has 2 rings (SSSR count). The average Bonchev–Trinajstić information content (AvgIpc) is 2.59. The molecule has 4 nitrogen and oxygen atoms in total. The van der Waals surface area contributed by atoms with E-state index in [2.05, 4.69) is 10.2 Å². The van der Waals surface area contributed by atoms with Crippen LogP contribution in [0, 0.1) is 0 Å². The molecule has 0 amide bonds. The van der Waals surface area contributed by atoms with Crippen molar-refractivity contribution >= 4 is 11.6 Å². The highest BCUT2D eigenvalue weighted by Gasteiger charge is 2.28. The van der Waals surface area contributed by atoms with Crippen LogP contribution in [0.15, 0.2) is 17.3 Å². The summed E-state index contributed by atoms with van der Waals surface area (Å²) >= 11 is 0. The number of nitrogens with zero attached hydrogens (tertiary/aromatic N) is 1. The SMILES string of the molecule is CC1=C(C)C(=O)c2[nH]ncc2C1=O. The van der Waals surface area contributed by atoms with E-state index in [1.54, 1.807) is 13.8 Å². The molecule has 0 saturated heterocycles. The lowest BCUT2D eigenvalue weighted by atomic mass is 9.90. The number of rotatable bonds is 0. The van der Waals surface area contributed by atoms with Crippen LogP contribution in [0.2, 0.25) is 0 Å². The fraction of sp³-hybridized carbons (Fsp3) is 0.222. The molecule has 13 heavy (non-hydrogen) atoms. The summed E-state index contributed by atoms with van der Waals surface area (Å²) in [5, 5.41) is 6.21. The molecular formula is C9H8N2O2. The van der Waals surface area contributed by atoms with E-state index < -0.39 is 0 Å². The molecule has 1 aromatic rings. The lowest BCUT2D eigenvalue weighted by Gasteiger charge is -2.11. The highest BCUT2D eigenvalue weighted by atomic mass is 16.1. The molecule has 4 heteroatoms. The van der Waals surface area contributed by atoms with E-state index in [0.717, 1.165) is 0 Å². The number of allylic oxidation sites excluding steroid dienone is 2. The minimum absolute atomic E-state index is 0.110. The van der Waals surface area contributed by atoms with Crippen LogP contribution < -0.4 is 0 Å². The van der Waals surface area contributed by atoms with Crippen LogP contribution in [0.3, 0.4) is 0 Å². The number of ketones is 2. The molecule has 0 spiro atoms. The van der Waals surface area contributed by atoms with E-state index in [1.165, 1.54) is 6.20 Å². The number of nitrogens with one attached hydrogen (secondary N) is 1. The van der Waals surface area contributed by atoms with Gasteiger partial charge in [0.15, 0.2) is 5.78 Å². The Morgan fingerprint density at radius 2 is 1.77 bits per heavy atom. The summed E-state index contributed by atoms with van der Waals surface area (Å²) in [5.41, 5.74) is 1.71. The molecule has 1 aliphatic carbocycles. The number of hydrogen-bond donors (Lipinski definition) is 1. The van der Waals surface area contributed by atoms with E-state index >= 15 is 0 Å². The number of aromatic amines is 1. The number of aromatic nitrogens is 2. The van der Waals surface area contributed by atoms with E-state index in [0.29, 0.717) is 22.4 Å². The van der Waals surface area contributed by atoms with Gasteiger partial charge in [-0.25, -0.2) is 0 Å². The Hall–Kier alpha value is -1.71. The van der Waals surface area contributed by atoms with Crippen LogP contribution in [-0.4, -0.2) is 21.8 Å². The van der Waals surface area contributed by atoms with Gasteiger partial charge < -0.3 is 0 Å². The summed E-state index contributed by atoms with van der Waals surface area (Å²) in [6.45, 7) is 3.31. The molecule has 0 aliphatic heterocycles. The standard InChI is InChI=1S/C9H8N2O2/c1-4-5(2)9(13)7-6(8(4)12)3-10-11-7/h3H,1-2H3,(H,10,11). The third-order valence-electron chi connectivity index (χ3n) is 2.35. The zero-order chi connectivity index (χ0) is 9.59. The molecule has 0 atom stereocenters. The number of H-pyrrole nitrogens is 1. The van der Waals surface area contributed by atoms with Crippen molar-refractivity contribution in [2.45, 2.75) is 13.8 Å². The number of Topliss-reactive ketones (excluding diaryl/α,β-unsaturated/α-hetero) is 2. The van der Waals surface area contributed by atoms with Crippen molar-refractivity contribution in [2.75, 3.05) is 0 Å². The highest BCUT2D eigenvalue weighted by Crippen LogP contribution is 2.23. The Morgan fingerprint density at radius 3 is 2.46 bits per heavy atom. The zero-order valence-electron chi connectivity index (χ0n) is 7.34. The summed E-state index contributed by atoms with van der Waals surface area (Å²) in [4.78, 5) is 23.1. The largest absolute Gasteiger partial charge is 0.289 e. The van der Waals surface area contributed by atoms with Gasteiger partial charge in [-0.05, 0) is 13.8 Å². The molecule has 1 heterocycles. The van der Waals surface area contributed by atoms with Crippen LogP contribution in [0.25, 0.3) is 0 Å². The summed E-state index contributed by atoms with van der Waals surface area (Å²) in [6.07, 6.45) is 1.39. The second kappa shape index (κ2) is 2.39. The van der Waals surface area contributed by atoms with Gasteiger partial charge in [-0.2, -0.15) is 5.10 Å². The van der Waals surface area contributed by atoms with Crippen LogP contribution in [0.4, 0.5) is 0 Å². The van der Waals surface area contributed by atoms with Gasteiger partial charge in [-0.3, -0.25) is 14.7 Å². The van der Waals surface area contributed by atoms with Gasteiger partial charge in [0, 0.05) is 11.1 Å². The third-order valence-corrected chi connectivity index (χ3v) is 2.35. The minimum Gasteiger partial charge on any atom is -0.289 e. The van der Waals surface area contributed by atoms with Gasteiger partial charge in [0.2, 0.25) is 5.78 Å². The first-order chi connectivity index (χ1) is 6.13. The first-order valence-electron chi connectivity index (χ1n) is 3.93. The van der Waals surface area contributed by atoms with Gasteiger partial charge in [0.05, 0.1) is 11.8 Å². The van der Waals surface area contributed by atoms with Crippen molar-refractivity contribution < 1.29 is 9.59 Å². The smallest absolute Gasteiger partial charge is 0.207 e. The van der Waals surface area contributed by atoms with E-state index in [4.69, 9.17) is 0 Å². The van der Waals surface area contributed by atoms with Gasteiger partial charge >= 0.3 is 0 Å². The maximum Gasteiger partial charge on any atom is 0.207 e. The fourth-order valence-electron chi connectivity index (χ4n) is 1.36. The van der Waals surface area contributed by atoms with E-state index in [1.807, 2.05) is 0 Å². The van der Waals surface area contributed by atoms with Crippen LogP contribution in [0.1, 0.15) is 34.7 Å². The molecule has 0 saturated carbocycles. The summed E-state index contributed by atoms with van der Waals surface area (Å²) in [6, 6.07) is 0. The number of carbonyl (C=O) groups is 2. The zero-order valence-corrected chi connectivity index (χ0v) is 7.34. The normalized spacial score (nSPS) is 16.5. The Morgan fingerprint density at radius 1 is 1.15 bits per heavy atom. The number of hydrogen-bond acceptors (Lipinski definition) is 3. The third kappa shape index (κ3) is 0.884. The lowest BCUT2D eigenvalue weighted by Crippen LogP contribution is -2.18. The Bertz CT molecular complexity index is 402. The Balaban J connectivity index is 2.71. The molecule has 0 bridgehead atoms. The predicted octanol–water partition coefficient (Wildman–Crippen LogP) is 1.13. The second-order valence-corrected chi connectivity index (χ2v) is 3.07. The fourth-order valence-corrected chi connectivity index (χ4v) is 1.36. The number of carbonyl (C=O) groups excluding carboxylic acids is 2. The molecule has 1 N–H and O–H groups in total. The summed E-state index contributed by atoms with van der Waals surface area (Å²) in [5.74, 6) is -0.245. The molecule has 0 radical (unpaired) electrons. The second-order valence-electron chi connectivity index (χ2n) is 3.07. The van der Waals surface area contributed by atoms with E-state index in [9.17, 15) is 9.59 Å². The van der Waals surface area contributed by atoms with E-state index in [-0.39, 0.29) is 11.6 Å². The molecule has 66 valence electrons. The van der Waals surface area contributed by atoms with Gasteiger partial charge in [-0.1, -0.05) is 0 Å². The topological polar surface area (TPSA) is 62.8 Å². The van der Waals surface area contributed by atoms with Crippen molar-refractivity contribution in [3.8, 4) is 0 Å². The quantitative estimate of drug-likeness (QED) is 0.644. The van der Waals surface area contributed by atoms with Gasteiger partial charge in [0.25, 0.3) is 0 Å². The maximum atomic E-state index is 11.6. The van der Waals surface area contributed by atoms with Gasteiger partial charge in [0.1, 0.15) is 5.69 Å². The summed E-state index contributed by atoms with van der Waals surface area (Å²) in [7, 11) is 0. The van der Waals surface area contributed by atoms with Crippen LogP contribution in [0.5, 0.6) is 0 Å². The van der Waals surface area contributed by atoms with Crippen molar-refractivity contribution in [1.82, 2.24) is 10.2 Å². The van der Waals surface area contributed by atoms with Crippen LogP contribution >= 0.6 is 0 Å². The monoisotopic (exact) mass is 176 g/mol. The minimum atomic E-state index is -0.135. The Labute approximate surface area is 74.6 Å². The van der Waals surface area contributed by atoms with Crippen molar-refractivity contribution in [3.63, 3.8) is 0 Å². The molecule has 0 aromatic carbocycles. The lowest BCUT2D eigenvalue weighted by molar-refractivity contribution is 0.0972. The van der Waals surface area contributed by atoms with Crippen molar-refractivity contribution in [1.29, 1.82) is 0 Å². The molecule has 0 fully saturated rings. The van der Waals surface area contributed by atoms with Crippen molar-refractivity contribution in [2.24, 2.45) is 0 Å². The highest BCUT2D eigenvalue weighted by molar-refractivity contribution is 6.25. The Kier molecular flexibility index (Phi) is 1.45. The predicted molar refractivity (Wildman–Crippen MR) is 45.6 cm³/mol. The van der Waals surface area contributed by atoms with Crippen molar-refractivity contribution in [3.05, 3.63) is 28.6 Å². The number of fused-ring (bicyclic) bond motifs is 1.